The predicted octanol–water partition coefficient (Wildman–Crippen LogP) is 1.64. The molecule has 0 spiro atoms. The van der Waals surface area contributed by atoms with E-state index in [9.17, 15) is 4.79 Å². The van der Waals surface area contributed by atoms with E-state index in [1.54, 1.807) is 31.2 Å². The number of pyridine rings is 1. The molecule has 1 unspecified atom stereocenters. The third-order valence-electron chi connectivity index (χ3n) is 3.06. The number of nitrogens with one attached hydrogen (secondary N) is 1. The lowest BCUT2D eigenvalue weighted by atomic mass is 10.2. The second kappa shape index (κ2) is 5.54. The van der Waals surface area contributed by atoms with Gasteiger partial charge in [-0.1, -0.05) is 11.6 Å². The molecular formula is C12H16ClN3O2. The number of hydrogen-bond donors (Lipinski definition) is 1. The van der Waals surface area contributed by atoms with Gasteiger partial charge >= 0.3 is 0 Å². The number of rotatable bonds is 3. The van der Waals surface area contributed by atoms with E-state index in [1.165, 1.54) is 0 Å². The van der Waals surface area contributed by atoms with E-state index in [-0.39, 0.29) is 12.0 Å². The molecular weight excluding hydrogens is 254 g/mol. The molecule has 1 aliphatic rings. The van der Waals surface area contributed by atoms with Crippen LogP contribution in [0.3, 0.4) is 0 Å². The minimum absolute atomic E-state index is 0.0321. The molecule has 5 nitrogen and oxygen atoms in total. The van der Waals surface area contributed by atoms with Crippen LogP contribution in [0.25, 0.3) is 0 Å². The highest BCUT2D eigenvalue weighted by atomic mass is 35.5. The van der Waals surface area contributed by atoms with Crippen LogP contribution in [0.2, 0.25) is 5.15 Å². The first-order valence-corrected chi connectivity index (χ1v) is 6.19. The molecule has 0 radical (unpaired) electrons. The summed E-state index contributed by atoms with van der Waals surface area (Å²) in [5.74, 6) is 0.559. The Kier molecular flexibility index (Phi) is 4.04. The normalized spacial score (nSPS) is 19.1. The van der Waals surface area contributed by atoms with E-state index in [0.29, 0.717) is 29.6 Å². The Morgan fingerprint density at radius 1 is 1.61 bits per heavy atom. The Labute approximate surface area is 111 Å². The Bertz CT molecular complexity index is 453. The maximum atomic E-state index is 12.3. The van der Waals surface area contributed by atoms with Crippen LogP contribution in [0.4, 0.5) is 5.82 Å². The first-order chi connectivity index (χ1) is 8.63. The minimum atomic E-state index is -0.0321. The summed E-state index contributed by atoms with van der Waals surface area (Å²) in [6.45, 7) is 1.34. The zero-order valence-corrected chi connectivity index (χ0v) is 11.2. The quantitative estimate of drug-likeness (QED) is 0.848. The average Bonchev–Trinajstić information content (AvgIpc) is 2.85. The number of ether oxygens (including phenoxy) is 1. The monoisotopic (exact) mass is 269 g/mol. The molecule has 1 aromatic rings. The summed E-state index contributed by atoms with van der Waals surface area (Å²) in [5, 5.41) is 3.20. The van der Waals surface area contributed by atoms with Gasteiger partial charge in [0.25, 0.3) is 5.91 Å². The summed E-state index contributed by atoms with van der Waals surface area (Å²) in [6.07, 6.45) is 1.01. The molecule has 1 amide bonds. The predicted molar refractivity (Wildman–Crippen MR) is 70.1 cm³/mol. The van der Waals surface area contributed by atoms with Crippen molar-refractivity contribution in [1.29, 1.82) is 0 Å². The van der Waals surface area contributed by atoms with Crippen molar-refractivity contribution in [2.75, 3.05) is 32.6 Å². The van der Waals surface area contributed by atoms with Gasteiger partial charge in [-0.15, -0.1) is 0 Å². The van der Waals surface area contributed by atoms with Gasteiger partial charge in [0.2, 0.25) is 0 Å². The molecule has 1 aliphatic heterocycles. The molecule has 6 heteroatoms. The average molecular weight is 270 g/mol. The molecule has 0 bridgehead atoms. The molecule has 2 rings (SSSR count). The van der Waals surface area contributed by atoms with Gasteiger partial charge in [-0.05, 0) is 18.6 Å². The highest BCUT2D eigenvalue weighted by molar-refractivity contribution is 6.29. The number of halogens is 1. The van der Waals surface area contributed by atoms with Crippen LogP contribution < -0.4 is 5.32 Å². The van der Waals surface area contributed by atoms with Crippen molar-refractivity contribution in [3.05, 3.63) is 22.8 Å². The number of amides is 1. The van der Waals surface area contributed by atoms with Crippen LogP contribution in [-0.2, 0) is 4.74 Å². The van der Waals surface area contributed by atoms with Crippen LogP contribution in [0.5, 0.6) is 0 Å². The SMILES string of the molecule is CNc1cc(C(=O)N2CCC(OC)C2)cc(Cl)n1. The molecule has 0 saturated carbocycles. The van der Waals surface area contributed by atoms with Crippen molar-refractivity contribution >= 4 is 23.3 Å². The zero-order valence-electron chi connectivity index (χ0n) is 10.4. The van der Waals surface area contributed by atoms with Gasteiger partial charge in [-0.25, -0.2) is 4.98 Å². The van der Waals surface area contributed by atoms with Crippen LogP contribution in [0, 0.1) is 0 Å². The topological polar surface area (TPSA) is 54.5 Å². The summed E-state index contributed by atoms with van der Waals surface area (Å²) in [4.78, 5) is 18.1. The molecule has 1 saturated heterocycles. The van der Waals surface area contributed by atoms with Gasteiger partial charge in [0, 0.05) is 32.8 Å². The summed E-state index contributed by atoms with van der Waals surface area (Å²) in [6, 6.07) is 3.29. The summed E-state index contributed by atoms with van der Waals surface area (Å²) in [5.41, 5.74) is 0.552. The molecule has 0 aromatic carbocycles. The molecule has 1 N–H and O–H groups in total. The number of hydrogen-bond acceptors (Lipinski definition) is 4. The van der Waals surface area contributed by atoms with Gasteiger partial charge < -0.3 is 15.0 Å². The van der Waals surface area contributed by atoms with Gasteiger partial charge in [-0.3, -0.25) is 4.79 Å². The highest BCUT2D eigenvalue weighted by Crippen LogP contribution is 2.19. The van der Waals surface area contributed by atoms with Crippen LogP contribution in [-0.4, -0.2) is 49.1 Å². The van der Waals surface area contributed by atoms with E-state index in [4.69, 9.17) is 16.3 Å². The molecule has 1 atom stereocenters. The summed E-state index contributed by atoms with van der Waals surface area (Å²) >= 11 is 5.89. The number of carbonyl (C=O) groups excluding carboxylic acids is 1. The first kappa shape index (κ1) is 13.1. The first-order valence-electron chi connectivity index (χ1n) is 5.81. The van der Waals surface area contributed by atoms with Crippen molar-refractivity contribution in [2.24, 2.45) is 0 Å². The number of aromatic nitrogens is 1. The molecule has 1 aromatic heterocycles. The molecule has 18 heavy (non-hydrogen) atoms. The molecule has 1 fully saturated rings. The van der Waals surface area contributed by atoms with Crippen molar-refractivity contribution in [3.8, 4) is 0 Å². The highest BCUT2D eigenvalue weighted by Gasteiger charge is 2.27. The van der Waals surface area contributed by atoms with Gasteiger partial charge in [0.05, 0.1) is 6.10 Å². The smallest absolute Gasteiger partial charge is 0.254 e. The molecule has 2 heterocycles. The number of carbonyl (C=O) groups is 1. The van der Waals surface area contributed by atoms with E-state index in [0.717, 1.165) is 6.42 Å². The Balaban J connectivity index is 2.16. The summed E-state index contributed by atoms with van der Waals surface area (Å²) < 4.78 is 5.25. The van der Waals surface area contributed by atoms with Crippen molar-refractivity contribution in [3.63, 3.8) is 0 Å². The Morgan fingerprint density at radius 2 is 2.39 bits per heavy atom. The van der Waals surface area contributed by atoms with Crippen molar-refractivity contribution in [2.45, 2.75) is 12.5 Å². The maximum Gasteiger partial charge on any atom is 0.254 e. The van der Waals surface area contributed by atoms with Gasteiger partial charge in [0.15, 0.2) is 0 Å². The molecule has 0 aliphatic carbocycles. The van der Waals surface area contributed by atoms with Crippen LogP contribution >= 0.6 is 11.6 Å². The largest absolute Gasteiger partial charge is 0.380 e. The van der Waals surface area contributed by atoms with E-state index < -0.39 is 0 Å². The number of nitrogens with zero attached hydrogens (tertiary/aromatic N) is 2. The van der Waals surface area contributed by atoms with Gasteiger partial charge in [-0.2, -0.15) is 0 Å². The third-order valence-corrected chi connectivity index (χ3v) is 3.26. The van der Waals surface area contributed by atoms with E-state index in [2.05, 4.69) is 10.3 Å². The fraction of sp³-hybridized carbons (Fsp3) is 0.500. The van der Waals surface area contributed by atoms with Crippen LogP contribution in [0.1, 0.15) is 16.8 Å². The third kappa shape index (κ3) is 2.73. The second-order valence-electron chi connectivity index (χ2n) is 4.21. The van der Waals surface area contributed by atoms with Crippen molar-refractivity contribution in [1.82, 2.24) is 9.88 Å². The van der Waals surface area contributed by atoms with E-state index >= 15 is 0 Å². The zero-order chi connectivity index (χ0) is 13.1. The number of anilines is 1. The minimum Gasteiger partial charge on any atom is -0.380 e. The summed E-state index contributed by atoms with van der Waals surface area (Å²) in [7, 11) is 3.41. The number of likely N-dealkylation sites (tertiary alicyclic amines) is 1. The fourth-order valence-corrected chi connectivity index (χ4v) is 2.24. The maximum absolute atomic E-state index is 12.3. The number of methoxy groups -OCH3 is 1. The lowest BCUT2D eigenvalue weighted by Crippen LogP contribution is -2.30. The van der Waals surface area contributed by atoms with Crippen LogP contribution in [0.15, 0.2) is 12.1 Å². The Hall–Kier alpha value is -1.33. The van der Waals surface area contributed by atoms with Gasteiger partial charge in [0.1, 0.15) is 11.0 Å². The van der Waals surface area contributed by atoms with E-state index in [1.807, 2.05) is 0 Å². The second-order valence-corrected chi connectivity index (χ2v) is 4.60. The lowest BCUT2D eigenvalue weighted by Gasteiger charge is -2.16. The van der Waals surface area contributed by atoms with Crippen molar-refractivity contribution < 1.29 is 9.53 Å². The lowest BCUT2D eigenvalue weighted by molar-refractivity contribution is 0.0724. The fourth-order valence-electron chi connectivity index (χ4n) is 2.04. The molecule has 98 valence electrons. The Morgan fingerprint density at radius 3 is 3.00 bits per heavy atom. The standard InChI is InChI=1S/C12H16ClN3O2/c1-14-11-6-8(5-10(13)15-11)12(17)16-4-3-9(7-16)18-2/h5-6,9H,3-4,7H2,1-2H3,(H,14,15).